The van der Waals surface area contributed by atoms with Crippen molar-refractivity contribution in [2.45, 2.75) is 0 Å². The molecule has 0 fully saturated rings. The van der Waals surface area contributed by atoms with Gasteiger partial charge < -0.3 is 0 Å². The van der Waals surface area contributed by atoms with Crippen LogP contribution in [0.5, 0.6) is 0 Å². The normalized spacial score (nSPS) is 12.5. The Morgan fingerprint density at radius 1 is 1.33 bits per heavy atom. The van der Waals surface area contributed by atoms with Gasteiger partial charge in [0.15, 0.2) is 0 Å². The first-order valence-corrected chi connectivity index (χ1v) is 5.29. The monoisotopic (exact) mass is 229 g/mol. The fourth-order valence-corrected chi connectivity index (χ4v) is 1.47. The van der Waals surface area contributed by atoms with Gasteiger partial charge in [-0.3, -0.25) is 14.7 Å². The van der Waals surface area contributed by atoms with Crippen molar-refractivity contribution in [3.8, 4) is 0 Å². The Hall–Kier alpha value is -1.73. The molecule has 1 aromatic rings. The van der Waals surface area contributed by atoms with E-state index in [1.54, 1.807) is 6.07 Å². The second-order valence-corrected chi connectivity index (χ2v) is 3.91. The van der Waals surface area contributed by atoms with E-state index in [4.69, 9.17) is 4.55 Å². The van der Waals surface area contributed by atoms with E-state index < -0.39 is 20.7 Å². The summed E-state index contributed by atoms with van der Waals surface area (Å²) >= 11 is 0. The van der Waals surface area contributed by atoms with Crippen LogP contribution in [0.4, 0.5) is 0 Å². The fourth-order valence-electron chi connectivity index (χ4n) is 0.966. The highest BCUT2D eigenvalue weighted by molar-refractivity contribution is 7.89. The Bertz CT molecular complexity index is 491. The summed E-state index contributed by atoms with van der Waals surface area (Å²) in [7, 11) is -4.52. The zero-order valence-corrected chi connectivity index (χ0v) is 8.22. The van der Waals surface area contributed by atoms with Gasteiger partial charge in [0.2, 0.25) is 0 Å². The Kier molecular flexibility index (Phi) is 3.17. The topological polar surface area (TPSA) is 97.5 Å². The molecule has 15 heavy (non-hydrogen) atoms. The van der Waals surface area contributed by atoms with E-state index in [9.17, 15) is 18.5 Å². The van der Waals surface area contributed by atoms with Gasteiger partial charge in [-0.05, 0) is 12.1 Å². The molecule has 0 heterocycles. The molecule has 6 nitrogen and oxygen atoms in total. The zero-order valence-electron chi connectivity index (χ0n) is 7.40. The van der Waals surface area contributed by atoms with Gasteiger partial charge in [0, 0.05) is 0 Å². The lowest BCUT2D eigenvalue weighted by atomic mass is 10.2. The van der Waals surface area contributed by atoms with Crippen LogP contribution >= 0.6 is 0 Å². The maximum Gasteiger partial charge on any atom is 0.294 e. The number of nitrogens with zero attached hydrogens (tertiary/aromatic N) is 1. The Labute approximate surface area is 85.8 Å². The molecule has 0 aromatic heterocycles. The average molecular weight is 229 g/mol. The summed E-state index contributed by atoms with van der Waals surface area (Å²) in [4.78, 5) is 9.67. The average Bonchev–Trinajstić information content (AvgIpc) is 2.14. The quantitative estimate of drug-likeness (QED) is 0.476. The predicted octanol–water partition coefficient (Wildman–Crippen LogP) is 1.15. The number of rotatable bonds is 3. The number of hydrogen-bond acceptors (Lipinski definition) is 4. The summed E-state index contributed by atoms with van der Waals surface area (Å²) in [6.45, 7) is 0. The fraction of sp³-hybridized carbons (Fsp3) is 0. The minimum Gasteiger partial charge on any atom is -0.282 e. The number of hydrogen-bond donors (Lipinski definition) is 1. The molecule has 80 valence electrons. The van der Waals surface area contributed by atoms with Gasteiger partial charge in [-0.1, -0.05) is 18.2 Å². The minimum absolute atomic E-state index is 0.111. The second-order valence-electron chi connectivity index (χ2n) is 2.64. The molecule has 0 aliphatic heterocycles. The Morgan fingerprint density at radius 3 is 2.27 bits per heavy atom. The summed E-state index contributed by atoms with van der Waals surface area (Å²) in [5.41, 5.74) is -0.557. The highest BCUT2D eigenvalue weighted by atomic mass is 32.2. The molecular formula is C8H7NO5S. The predicted molar refractivity (Wildman–Crippen MR) is 53.0 cm³/mol. The summed E-state index contributed by atoms with van der Waals surface area (Å²) in [5.74, 6) is 0. The summed E-state index contributed by atoms with van der Waals surface area (Å²) in [6, 6.07) is 7.43. The lowest BCUT2D eigenvalue weighted by molar-refractivity contribution is -0.375. The number of nitro groups is 1. The molecule has 0 bridgehead atoms. The Morgan fingerprint density at radius 2 is 1.87 bits per heavy atom. The van der Waals surface area contributed by atoms with Gasteiger partial charge in [0.05, 0.1) is 10.5 Å². The SMILES string of the molecule is O=[N+]([O-])C(=CS(=O)(=O)O)c1ccccc1. The van der Waals surface area contributed by atoms with Crippen molar-refractivity contribution in [2.24, 2.45) is 0 Å². The standard InChI is InChI=1S/C8H7NO5S/c10-9(11)8(6-15(12,13)14)7-4-2-1-3-5-7/h1-6H,(H,12,13,14). The van der Waals surface area contributed by atoms with Gasteiger partial charge in [-0.25, -0.2) is 0 Å². The van der Waals surface area contributed by atoms with Crippen LogP contribution in [0.3, 0.4) is 0 Å². The van der Waals surface area contributed by atoms with Gasteiger partial charge in [-0.15, -0.1) is 0 Å². The van der Waals surface area contributed by atoms with E-state index in [1.807, 2.05) is 0 Å². The van der Waals surface area contributed by atoms with E-state index in [0.717, 1.165) is 0 Å². The lowest BCUT2D eigenvalue weighted by Crippen LogP contribution is -2.02. The second kappa shape index (κ2) is 4.20. The van der Waals surface area contributed by atoms with Crippen LogP contribution in [0.15, 0.2) is 35.7 Å². The first-order valence-electron chi connectivity index (χ1n) is 3.79. The van der Waals surface area contributed by atoms with Crippen molar-refractivity contribution >= 4 is 15.8 Å². The maximum absolute atomic E-state index is 10.5. The van der Waals surface area contributed by atoms with Crippen molar-refractivity contribution < 1.29 is 17.9 Å². The van der Waals surface area contributed by atoms with Crippen LogP contribution in [0.25, 0.3) is 5.70 Å². The molecule has 0 atom stereocenters. The minimum atomic E-state index is -4.52. The third kappa shape index (κ3) is 3.49. The summed E-state index contributed by atoms with van der Waals surface area (Å²) in [5, 5.41) is 10.8. The van der Waals surface area contributed by atoms with E-state index in [1.165, 1.54) is 24.3 Å². The molecule has 1 N–H and O–H groups in total. The van der Waals surface area contributed by atoms with E-state index in [-0.39, 0.29) is 11.0 Å². The highest BCUT2D eigenvalue weighted by Crippen LogP contribution is 2.15. The molecule has 0 unspecified atom stereocenters. The molecular weight excluding hydrogens is 222 g/mol. The first kappa shape index (κ1) is 11.3. The molecule has 0 radical (unpaired) electrons. The molecule has 1 rings (SSSR count). The van der Waals surface area contributed by atoms with Crippen LogP contribution in [0.2, 0.25) is 0 Å². The molecule has 0 saturated heterocycles. The molecule has 0 aliphatic carbocycles. The van der Waals surface area contributed by atoms with Crippen LogP contribution in [-0.4, -0.2) is 17.9 Å². The van der Waals surface area contributed by atoms with Crippen LogP contribution in [0.1, 0.15) is 5.56 Å². The van der Waals surface area contributed by atoms with Crippen molar-refractivity contribution in [1.82, 2.24) is 0 Å². The number of benzene rings is 1. The van der Waals surface area contributed by atoms with Gasteiger partial charge in [0.1, 0.15) is 5.41 Å². The molecule has 0 aliphatic rings. The van der Waals surface area contributed by atoms with E-state index in [0.29, 0.717) is 0 Å². The lowest BCUT2D eigenvalue weighted by Gasteiger charge is -1.96. The van der Waals surface area contributed by atoms with Crippen molar-refractivity contribution in [3.05, 3.63) is 51.4 Å². The third-order valence-electron chi connectivity index (χ3n) is 1.53. The zero-order chi connectivity index (χ0) is 11.5. The largest absolute Gasteiger partial charge is 0.294 e. The highest BCUT2D eigenvalue weighted by Gasteiger charge is 2.17. The third-order valence-corrected chi connectivity index (χ3v) is 2.05. The van der Waals surface area contributed by atoms with Crippen LogP contribution < -0.4 is 0 Å². The van der Waals surface area contributed by atoms with E-state index in [2.05, 4.69) is 0 Å². The van der Waals surface area contributed by atoms with Gasteiger partial charge in [0.25, 0.3) is 15.8 Å². The Balaban J connectivity index is 3.29. The van der Waals surface area contributed by atoms with E-state index >= 15 is 0 Å². The van der Waals surface area contributed by atoms with Crippen LogP contribution in [-0.2, 0) is 10.1 Å². The van der Waals surface area contributed by atoms with Gasteiger partial charge in [-0.2, -0.15) is 8.42 Å². The van der Waals surface area contributed by atoms with Crippen LogP contribution in [0, 0.1) is 10.1 Å². The maximum atomic E-state index is 10.5. The smallest absolute Gasteiger partial charge is 0.282 e. The van der Waals surface area contributed by atoms with Crippen molar-refractivity contribution in [3.63, 3.8) is 0 Å². The van der Waals surface area contributed by atoms with Crippen molar-refractivity contribution in [2.75, 3.05) is 0 Å². The molecule has 0 saturated carbocycles. The van der Waals surface area contributed by atoms with Gasteiger partial charge >= 0.3 is 0 Å². The summed E-state index contributed by atoms with van der Waals surface area (Å²) in [6.07, 6.45) is 0. The summed E-state index contributed by atoms with van der Waals surface area (Å²) < 4.78 is 29.5. The first-order chi connectivity index (χ1) is 6.90. The molecule has 0 spiro atoms. The molecule has 1 aromatic carbocycles. The molecule has 0 amide bonds. The van der Waals surface area contributed by atoms with Crippen molar-refractivity contribution in [1.29, 1.82) is 0 Å². The molecule has 7 heteroatoms.